The van der Waals surface area contributed by atoms with Crippen molar-refractivity contribution in [2.24, 2.45) is 0 Å². The number of hydrogen-bond acceptors (Lipinski definition) is 4. The number of nitrogens with zero attached hydrogens (tertiary/aromatic N) is 5. The average Bonchev–Trinajstić information content (AvgIpc) is 1.42. The van der Waals surface area contributed by atoms with Crippen molar-refractivity contribution in [2.75, 3.05) is 19.6 Å². The Hall–Kier alpha value is -14.1. The SMILES string of the molecule is CC(C)(C)c1cc(N2c3ccccc3B3c4cc5c(cc4N(c4cc(C(C)(C)C)cc(C(C)(C)C)c4)c4cc(-c6cccc7c6C6(c8ccccc8-c8ccccc86)c6ccccc6-7)cc2c43)N(c2c(-c3ccccc3)cc(C(C)(C)C)cc2-c2ccccc2)c2cc(-n3c4ccccc4c4ccccc43)cc3c2B5c2ccccc2N3c2cc(C(C)(C)C)cc(C(C)(C)C)c2)cc(C(C)(C)C)c1. The van der Waals surface area contributed by atoms with E-state index in [1.165, 1.54) is 144 Å². The van der Waals surface area contributed by atoms with Crippen molar-refractivity contribution in [3.63, 3.8) is 0 Å². The van der Waals surface area contributed by atoms with E-state index in [2.05, 4.69) is 521 Å². The molecule has 0 N–H and O–H groups in total. The van der Waals surface area contributed by atoms with Gasteiger partial charge in [-0.25, -0.2) is 0 Å². The van der Waals surface area contributed by atoms with Gasteiger partial charge >= 0.3 is 0 Å². The quantitative estimate of drug-likeness (QED) is 0.141. The Kier molecular flexibility index (Phi) is 19.1. The number of para-hydroxylation sites is 4. The van der Waals surface area contributed by atoms with Crippen LogP contribution in [-0.2, 0) is 43.3 Å². The van der Waals surface area contributed by atoms with Gasteiger partial charge in [0.25, 0.3) is 13.4 Å². The summed E-state index contributed by atoms with van der Waals surface area (Å²) in [6, 6.07) is 140. The number of anilines is 12. The minimum atomic E-state index is -0.668. The number of hydrogen-bond donors (Lipinski definition) is 0. The zero-order chi connectivity index (χ0) is 95.5. The molecule has 138 heavy (non-hydrogen) atoms. The van der Waals surface area contributed by atoms with E-state index < -0.39 is 5.41 Å². The molecule has 7 heteroatoms. The van der Waals surface area contributed by atoms with E-state index >= 15 is 0 Å². The van der Waals surface area contributed by atoms with Crippen molar-refractivity contribution < 1.29 is 0 Å². The molecule has 5 heterocycles. The van der Waals surface area contributed by atoms with Crippen LogP contribution in [0, 0.1) is 0 Å². The van der Waals surface area contributed by atoms with E-state index in [1.807, 2.05) is 0 Å². The van der Waals surface area contributed by atoms with E-state index in [4.69, 9.17) is 0 Å². The number of fused-ring (bicyclic) bond motifs is 21. The smallest absolute Gasteiger partial charge is 0.252 e. The predicted molar refractivity (Wildman–Crippen MR) is 592 cm³/mol. The Bertz CT molecular complexity index is 7880. The molecule has 0 unspecified atom stereocenters. The first-order chi connectivity index (χ1) is 65.9. The predicted octanol–water partition coefficient (Wildman–Crippen LogP) is 31.4. The summed E-state index contributed by atoms with van der Waals surface area (Å²) in [7, 11) is 0. The van der Waals surface area contributed by atoms with Gasteiger partial charge < -0.3 is 24.2 Å². The summed E-state index contributed by atoms with van der Waals surface area (Å²) in [4.78, 5) is 11.1. The Labute approximate surface area is 817 Å². The molecule has 2 aliphatic carbocycles. The Balaban J connectivity index is 0.902. The van der Waals surface area contributed by atoms with Crippen LogP contribution in [0.15, 0.2) is 352 Å². The van der Waals surface area contributed by atoms with Gasteiger partial charge in [-0.1, -0.05) is 394 Å². The first-order valence-corrected chi connectivity index (χ1v) is 50.0. The van der Waals surface area contributed by atoms with Gasteiger partial charge in [0.15, 0.2) is 0 Å². The molecule has 17 aromatic carbocycles. The molecule has 0 saturated heterocycles. The second kappa shape index (κ2) is 30.4. The minimum Gasteiger partial charge on any atom is -0.311 e. The van der Waals surface area contributed by atoms with Crippen LogP contribution in [0.3, 0.4) is 0 Å². The molecule has 18 aromatic rings. The van der Waals surface area contributed by atoms with Crippen LogP contribution in [0.5, 0.6) is 0 Å². The Morgan fingerprint density at radius 3 is 0.920 bits per heavy atom. The summed E-state index contributed by atoms with van der Waals surface area (Å²) >= 11 is 0. The van der Waals surface area contributed by atoms with Crippen LogP contribution in [0.2, 0.25) is 0 Å². The molecule has 676 valence electrons. The first kappa shape index (κ1) is 86.7. The van der Waals surface area contributed by atoms with Gasteiger partial charge in [0.05, 0.1) is 27.8 Å². The summed E-state index contributed by atoms with van der Waals surface area (Å²) in [5, 5.41) is 2.42. The molecule has 0 saturated carbocycles. The highest BCUT2D eigenvalue weighted by atomic mass is 15.2. The van der Waals surface area contributed by atoms with Crippen molar-refractivity contribution in [2.45, 2.75) is 189 Å². The fourth-order valence-corrected chi connectivity index (χ4v) is 24.1. The van der Waals surface area contributed by atoms with Crippen LogP contribution in [-0.4, -0.2) is 18.0 Å². The molecule has 1 spiro atoms. The normalized spacial score (nSPS) is 14.4. The first-order valence-electron chi connectivity index (χ1n) is 50.0. The molecule has 0 fully saturated rings. The highest BCUT2D eigenvalue weighted by Gasteiger charge is 2.55. The zero-order valence-electron chi connectivity index (χ0n) is 83.9. The molecule has 0 radical (unpaired) electrons. The molecule has 0 bridgehead atoms. The molecule has 4 aliphatic heterocycles. The summed E-state index contributed by atoms with van der Waals surface area (Å²) in [6.07, 6.45) is 0. The lowest BCUT2D eigenvalue weighted by Crippen LogP contribution is -2.65. The fraction of sp³-hybridized carbons (Fsp3) is 0.221. The summed E-state index contributed by atoms with van der Waals surface area (Å²) in [6.45, 7) is 49.7. The van der Waals surface area contributed by atoms with E-state index in [1.54, 1.807) is 0 Å². The summed E-state index contributed by atoms with van der Waals surface area (Å²) < 4.78 is 2.59. The average molecular weight is 1790 g/mol. The van der Waals surface area contributed by atoms with Crippen molar-refractivity contribution >= 4 is 136 Å². The maximum atomic E-state index is 2.83. The van der Waals surface area contributed by atoms with Crippen LogP contribution in [0.1, 0.15) is 207 Å². The lowest BCUT2D eigenvalue weighted by molar-refractivity contribution is 0.568. The third-order valence-electron chi connectivity index (χ3n) is 31.3. The second-order valence-corrected chi connectivity index (χ2v) is 47.3. The van der Waals surface area contributed by atoms with Crippen molar-refractivity contribution in [1.29, 1.82) is 0 Å². The molecule has 1 aromatic heterocycles. The highest BCUT2D eigenvalue weighted by Crippen LogP contribution is 2.66. The minimum absolute atomic E-state index is 0.197. The lowest BCUT2D eigenvalue weighted by atomic mass is 9.30. The largest absolute Gasteiger partial charge is 0.311 e. The molecule has 6 aliphatic rings. The molecule has 5 nitrogen and oxygen atoms in total. The van der Waals surface area contributed by atoms with Gasteiger partial charge in [-0.05, 0) is 280 Å². The van der Waals surface area contributed by atoms with Gasteiger partial charge in [-0.15, -0.1) is 0 Å². The molecular weight excluding hydrogens is 1670 g/mol. The summed E-state index contributed by atoms with van der Waals surface area (Å²) in [5.41, 5.74) is 48.7. The topological polar surface area (TPSA) is 17.9 Å². The maximum absolute atomic E-state index is 2.83. The van der Waals surface area contributed by atoms with E-state index in [0.717, 1.165) is 101 Å². The standard InChI is InChI=1S/C131H121B2N5/c1-124(2,3)83-65-84(125(4,5)6)69-90(68-83)135-112-61-40-36-57-106(112)132-108-78-109-115(79-114(108)137(92-72-87(128(13,14)15)67-88(73-92)129(16,17)18)117-64-82(63-116(135)121(117)132)94-52-42-53-100-97-49-30-35-56-105(97)131(120(94)100)103-54-33-28-47-95(103)96-48-29-34-55-104(96)131)138(123-101(80-43-24-22-25-44-80)74-89(130(19,20)21)75-102(123)81-45-26-23-27-46-81)119-77-93(134-110-59-38-31-50-98(110)99-51-32-39-60-111(99)134)76-118-122(119)133(109)107-58-37-41-62-113(107)136(118)91-70-85(126(7,8)9)66-86(71-91)127(10,11)12/h22-79H,1-21H3. The molecule has 0 amide bonds. The number of benzene rings is 17. The van der Waals surface area contributed by atoms with Gasteiger partial charge in [-0.3, -0.25) is 0 Å². The van der Waals surface area contributed by atoms with Gasteiger partial charge in [0, 0.05) is 84.5 Å². The van der Waals surface area contributed by atoms with Crippen LogP contribution < -0.4 is 52.4 Å². The molecular formula is C131H121B2N5. The second-order valence-electron chi connectivity index (χ2n) is 47.3. The van der Waals surface area contributed by atoms with Crippen LogP contribution in [0.25, 0.3) is 83.1 Å². The number of aromatic nitrogens is 1. The van der Waals surface area contributed by atoms with Crippen molar-refractivity contribution in [3.8, 4) is 61.3 Å². The van der Waals surface area contributed by atoms with E-state index in [9.17, 15) is 0 Å². The molecule has 0 atom stereocenters. The maximum Gasteiger partial charge on any atom is 0.252 e. The van der Waals surface area contributed by atoms with Crippen LogP contribution in [0.4, 0.5) is 68.2 Å². The highest BCUT2D eigenvalue weighted by molar-refractivity contribution is 7.03. The van der Waals surface area contributed by atoms with Gasteiger partial charge in [-0.2, -0.15) is 0 Å². The molecule has 24 rings (SSSR count). The lowest BCUT2D eigenvalue weighted by Gasteiger charge is -2.48. The van der Waals surface area contributed by atoms with E-state index in [0.29, 0.717) is 0 Å². The fourth-order valence-electron chi connectivity index (χ4n) is 24.1. The summed E-state index contributed by atoms with van der Waals surface area (Å²) in [5.74, 6) is 0. The van der Waals surface area contributed by atoms with Crippen molar-refractivity contribution in [3.05, 3.63) is 413 Å². The number of rotatable bonds is 8. The van der Waals surface area contributed by atoms with Crippen LogP contribution >= 0.6 is 0 Å². The third-order valence-corrected chi connectivity index (χ3v) is 31.3. The van der Waals surface area contributed by atoms with E-state index in [-0.39, 0.29) is 51.3 Å². The monoisotopic (exact) mass is 1790 g/mol. The van der Waals surface area contributed by atoms with Crippen molar-refractivity contribution in [1.82, 2.24) is 4.57 Å². The van der Waals surface area contributed by atoms with Gasteiger partial charge in [0.1, 0.15) is 0 Å². The zero-order valence-corrected chi connectivity index (χ0v) is 83.9. The Morgan fingerprint density at radius 1 is 0.203 bits per heavy atom. The Morgan fingerprint density at radius 2 is 0.514 bits per heavy atom. The van der Waals surface area contributed by atoms with Gasteiger partial charge in [0.2, 0.25) is 0 Å². The third kappa shape index (κ3) is 13.2.